The third kappa shape index (κ3) is 2.97. The second kappa shape index (κ2) is 4.85. The van der Waals surface area contributed by atoms with Gasteiger partial charge in [-0.15, -0.1) is 0 Å². The van der Waals surface area contributed by atoms with Crippen molar-refractivity contribution >= 4 is 5.69 Å². The first-order valence-corrected chi connectivity index (χ1v) is 5.79. The molecular formula is C13H19NO2. The molecular weight excluding hydrogens is 202 g/mol. The highest BCUT2D eigenvalue weighted by Gasteiger charge is 2.29. The SMILES string of the molecule is Cc1ccc(NCC2(O)CCOCC2)cc1. The lowest BCUT2D eigenvalue weighted by Gasteiger charge is -2.32. The molecule has 0 saturated carbocycles. The van der Waals surface area contributed by atoms with E-state index in [2.05, 4.69) is 24.4 Å². The first-order chi connectivity index (χ1) is 7.68. The maximum Gasteiger partial charge on any atom is 0.0863 e. The van der Waals surface area contributed by atoms with Gasteiger partial charge in [-0.25, -0.2) is 0 Å². The molecule has 1 saturated heterocycles. The van der Waals surface area contributed by atoms with E-state index in [0.29, 0.717) is 32.6 Å². The fourth-order valence-corrected chi connectivity index (χ4v) is 1.87. The molecule has 1 fully saturated rings. The highest BCUT2D eigenvalue weighted by atomic mass is 16.5. The van der Waals surface area contributed by atoms with Gasteiger partial charge in [0.15, 0.2) is 0 Å². The summed E-state index contributed by atoms with van der Waals surface area (Å²) >= 11 is 0. The van der Waals surface area contributed by atoms with Gasteiger partial charge in [0.25, 0.3) is 0 Å². The van der Waals surface area contributed by atoms with E-state index < -0.39 is 5.60 Å². The molecule has 1 heterocycles. The number of ether oxygens (including phenoxy) is 1. The predicted octanol–water partition coefficient (Wildman–Crippen LogP) is 1.95. The van der Waals surface area contributed by atoms with Crippen LogP contribution < -0.4 is 5.32 Å². The third-order valence-corrected chi connectivity index (χ3v) is 3.10. The molecule has 0 bridgehead atoms. The Hall–Kier alpha value is -1.06. The van der Waals surface area contributed by atoms with Crippen LogP contribution in [0.4, 0.5) is 5.69 Å². The van der Waals surface area contributed by atoms with Gasteiger partial charge >= 0.3 is 0 Å². The van der Waals surface area contributed by atoms with Gasteiger partial charge in [-0.1, -0.05) is 17.7 Å². The maximum atomic E-state index is 10.2. The summed E-state index contributed by atoms with van der Waals surface area (Å²) in [6, 6.07) is 8.21. The van der Waals surface area contributed by atoms with E-state index in [1.807, 2.05) is 12.1 Å². The molecule has 2 N–H and O–H groups in total. The van der Waals surface area contributed by atoms with Gasteiger partial charge in [0.2, 0.25) is 0 Å². The number of anilines is 1. The van der Waals surface area contributed by atoms with Gasteiger partial charge < -0.3 is 15.2 Å². The lowest BCUT2D eigenvalue weighted by molar-refractivity contribution is -0.0543. The van der Waals surface area contributed by atoms with Crippen molar-refractivity contribution in [1.82, 2.24) is 0 Å². The van der Waals surface area contributed by atoms with Crippen LogP contribution in [0.2, 0.25) is 0 Å². The summed E-state index contributed by atoms with van der Waals surface area (Å²) in [4.78, 5) is 0. The van der Waals surface area contributed by atoms with Gasteiger partial charge in [-0.2, -0.15) is 0 Å². The van der Waals surface area contributed by atoms with Crippen LogP contribution in [0.15, 0.2) is 24.3 Å². The highest BCUT2D eigenvalue weighted by Crippen LogP contribution is 2.21. The van der Waals surface area contributed by atoms with Crippen LogP contribution in [-0.4, -0.2) is 30.5 Å². The van der Waals surface area contributed by atoms with Gasteiger partial charge in [0.05, 0.1) is 5.60 Å². The average molecular weight is 221 g/mol. The summed E-state index contributed by atoms with van der Waals surface area (Å²) in [6.45, 7) is 3.98. The van der Waals surface area contributed by atoms with Crippen LogP contribution >= 0.6 is 0 Å². The van der Waals surface area contributed by atoms with Crippen molar-refractivity contribution in [3.8, 4) is 0 Å². The number of aliphatic hydroxyl groups is 1. The van der Waals surface area contributed by atoms with Crippen molar-refractivity contribution in [2.75, 3.05) is 25.1 Å². The zero-order valence-electron chi connectivity index (χ0n) is 9.70. The molecule has 1 aliphatic heterocycles. The quantitative estimate of drug-likeness (QED) is 0.819. The Bertz CT molecular complexity index is 328. The lowest BCUT2D eigenvalue weighted by atomic mass is 9.94. The minimum atomic E-state index is -0.608. The number of benzene rings is 1. The van der Waals surface area contributed by atoms with Crippen molar-refractivity contribution in [3.63, 3.8) is 0 Å². The van der Waals surface area contributed by atoms with Crippen molar-refractivity contribution in [3.05, 3.63) is 29.8 Å². The molecule has 3 nitrogen and oxygen atoms in total. The summed E-state index contributed by atoms with van der Waals surface area (Å²) in [7, 11) is 0. The van der Waals surface area contributed by atoms with Crippen molar-refractivity contribution in [1.29, 1.82) is 0 Å². The van der Waals surface area contributed by atoms with E-state index in [1.54, 1.807) is 0 Å². The molecule has 2 rings (SSSR count). The van der Waals surface area contributed by atoms with E-state index in [-0.39, 0.29) is 0 Å². The lowest BCUT2D eigenvalue weighted by Crippen LogP contribution is -2.42. The fourth-order valence-electron chi connectivity index (χ4n) is 1.87. The highest BCUT2D eigenvalue weighted by molar-refractivity contribution is 5.44. The van der Waals surface area contributed by atoms with E-state index >= 15 is 0 Å². The molecule has 1 aromatic rings. The monoisotopic (exact) mass is 221 g/mol. The molecule has 0 aliphatic carbocycles. The Morgan fingerprint density at radius 2 is 1.88 bits per heavy atom. The van der Waals surface area contributed by atoms with Crippen LogP contribution in [-0.2, 0) is 4.74 Å². The minimum Gasteiger partial charge on any atom is -0.388 e. The normalized spacial score (nSPS) is 19.4. The number of hydrogen-bond donors (Lipinski definition) is 2. The van der Waals surface area contributed by atoms with E-state index in [0.717, 1.165) is 5.69 Å². The molecule has 0 atom stereocenters. The van der Waals surface area contributed by atoms with Gasteiger partial charge in [-0.05, 0) is 19.1 Å². The summed E-state index contributed by atoms with van der Waals surface area (Å²) in [6.07, 6.45) is 1.43. The Morgan fingerprint density at radius 3 is 2.50 bits per heavy atom. The van der Waals surface area contributed by atoms with E-state index in [1.165, 1.54) is 5.56 Å². The maximum absolute atomic E-state index is 10.2. The van der Waals surface area contributed by atoms with Crippen LogP contribution in [0.1, 0.15) is 18.4 Å². The number of nitrogens with one attached hydrogen (secondary N) is 1. The topological polar surface area (TPSA) is 41.5 Å². The zero-order valence-corrected chi connectivity index (χ0v) is 9.70. The van der Waals surface area contributed by atoms with Gasteiger partial charge in [-0.3, -0.25) is 0 Å². The number of rotatable bonds is 3. The molecule has 1 aliphatic rings. The third-order valence-electron chi connectivity index (χ3n) is 3.10. The van der Waals surface area contributed by atoms with E-state index in [4.69, 9.17) is 4.74 Å². The number of aryl methyl sites for hydroxylation is 1. The molecule has 0 aromatic heterocycles. The molecule has 88 valence electrons. The standard InChI is InChI=1S/C13H19NO2/c1-11-2-4-12(5-3-11)14-10-13(15)6-8-16-9-7-13/h2-5,14-15H,6-10H2,1H3. The fraction of sp³-hybridized carbons (Fsp3) is 0.538. The van der Waals surface area contributed by atoms with E-state index in [9.17, 15) is 5.11 Å². The smallest absolute Gasteiger partial charge is 0.0863 e. The second-order valence-electron chi connectivity index (χ2n) is 4.56. The predicted molar refractivity (Wildman–Crippen MR) is 64.7 cm³/mol. The molecule has 0 unspecified atom stereocenters. The Labute approximate surface area is 96.4 Å². The molecule has 0 spiro atoms. The molecule has 16 heavy (non-hydrogen) atoms. The Balaban J connectivity index is 1.88. The zero-order chi connectivity index (χ0) is 11.4. The van der Waals surface area contributed by atoms with Crippen LogP contribution in [0.3, 0.4) is 0 Å². The average Bonchev–Trinajstić information content (AvgIpc) is 2.29. The summed E-state index contributed by atoms with van der Waals surface area (Å²) in [5, 5.41) is 13.5. The minimum absolute atomic E-state index is 0.597. The second-order valence-corrected chi connectivity index (χ2v) is 4.56. The first-order valence-electron chi connectivity index (χ1n) is 5.79. The first kappa shape index (κ1) is 11.4. The van der Waals surface area contributed by atoms with Gasteiger partial charge in [0, 0.05) is 38.3 Å². The van der Waals surface area contributed by atoms with Crippen LogP contribution in [0, 0.1) is 6.92 Å². The summed E-state index contributed by atoms with van der Waals surface area (Å²) < 4.78 is 5.24. The molecule has 1 aromatic carbocycles. The van der Waals surface area contributed by atoms with Crippen LogP contribution in [0.5, 0.6) is 0 Å². The Kier molecular flexibility index (Phi) is 3.46. The summed E-state index contributed by atoms with van der Waals surface area (Å²) in [5.74, 6) is 0. The largest absolute Gasteiger partial charge is 0.388 e. The molecule has 0 radical (unpaired) electrons. The molecule has 0 amide bonds. The molecule has 3 heteroatoms. The van der Waals surface area contributed by atoms with Gasteiger partial charge in [0.1, 0.15) is 0 Å². The Morgan fingerprint density at radius 1 is 1.25 bits per heavy atom. The summed E-state index contributed by atoms with van der Waals surface area (Å²) in [5.41, 5.74) is 1.70. The van der Waals surface area contributed by atoms with Crippen molar-refractivity contribution < 1.29 is 9.84 Å². The number of hydrogen-bond acceptors (Lipinski definition) is 3. The van der Waals surface area contributed by atoms with Crippen LogP contribution in [0.25, 0.3) is 0 Å². The van der Waals surface area contributed by atoms with Crippen molar-refractivity contribution in [2.24, 2.45) is 0 Å². The van der Waals surface area contributed by atoms with Crippen molar-refractivity contribution in [2.45, 2.75) is 25.4 Å².